The number of nitrogens with one attached hydrogen (secondary N) is 1. The number of hydrogen-bond acceptors (Lipinski definition) is 4. The molecule has 0 radical (unpaired) electrons. The molecule has 120 valence electrons. The van der Waals surface area contributed by atoms with Gasteiger partial charge in [0.25, 0.3) is 5.91 Å². The van der Waals surface area contributed by atoms with Gasteiger partial charge in [-0.25, -0.2) is 14.4 Å². The van der Waals surface area contributed by atoms with E-state index in [2.05, 4.69) is 15.3 Å². The van der Waals surface area contributed by atoms with Gasteiger partial charge in [-0.3, -0.25) is 9.59 Å². The minimum Gasteiger partial charge on any atom is -0.481 e. The van der Waals surface area contributed by atoms with Gasteiger partial charge in [-0.2, -0.15) is 0 Å². The predicted molar refractivity (Wildman–Crippen MR) is 81.8 cm³/mol. The molecule has 0 fully saturated rings. The van der Waals surface area contributed by atoms with Crippen LogP contribution in [0, 0.1) is 5.82 Å². The Morgan fingerprint density at radius 1 is 1.35 bits per heavy atom. The molecule has 0 aliphatic rings. The fourth-order valence-electron chi connectivity index (χ4n) is 2.10. The largest absolute Gasteiger partial charge is 0.481 e. The zero-order valence-corrected chi connectivity index (χ0v) is 12.7. The second-order valence-electron chi connectivity index (χ2n) is 5.31. The maximum absolute atomic E-state index is 13.8. The first kappa shape index (κ1) is 16.5. The Bertz CT molecular complexity index is 747. The number of aliphatic carboxylic acids is 1. The molecule has 0 saturated heterocycles. The number of carbonyl (C=O) groups is 2. The van der Waals surface area contributed by atoms with E-state index in [1.807, 2.05) is 13.8 Å². The first-order chi connectivity index (χ1) is 10.9. The summed E-state index contributed by atoms with van der Waals surface area (Å²) in [5.74, 6) is -2.21. The van der Waals surface area contributed by atoms with Crippen molar-refractivity contribution in [3.05, 3.63) is 53.4 Å². The summed E-state index contributed by atoms with van der Waals surface area (Å²) < 4.78 is 13.8. The van der Waals surface area contributed by atoms with E-state index in [4.69, 9.17) is 5.11 Å². The van der Waals surface area contributed by atoms with E-state index in [9.17, 15) is 14.0 Å². The summed E-state index contributed by atoms with van der Waals surface area (Å²) in [6, 6.07) is 3.89. The molecule has 1 aromatic carbocycles. The number of rotatable bonds is 5. The van der Waals surface area contributed by atoms with E-state index in [0.29, 0.717) is 11.3 Å². The Hall–Kier alpha value is -2.83. The van der Waals surface area contributed by atoms with Crippen LogP contribution in [0.15, 0.2) is 30.7 Å². The van der Waals surface area contributed by atoms with Gasteiger partial charge < -0.3 is 10.4 Å². The highest BCUT2D eigenvalue weighted by molar-refractivity contribution is 6.04. The van der Waals surface area contributed by atoms with Crippen LogP contribution in [0.1, 0.15) is 41.4 Å². The van der Waals surface area contributed by atoms with Crippen molar-refractivity contribution in [1.29, 1.82) is 0 Å². The molecule has 0 aliphatic heterocycles. The Morgan fingerprint density at radius 3 is 2.70 bits per heavy atom. The van der Waals surface area contributed by atoms with E-state index < -0.39 is 24.1 Å². The fourth-order valence-corrected chi connectivity index (χ4v) is 2.10. The number of carboxylic acid groups (broad SMARTS) is 1. The number of nitrogens with zero attached hydrogens (tertiary/aromatic N) is 2. The molecule has 1 amide bonds. The first-order valence-electron chi connectivity index (χ1n) is 7.00. The van der Waals surface area contributed by atoms with Gasteiger partial charge in [0, 0.05) is 11.9 Å². The second-order valence-corrected chi connectivity index (χ2v) is 5.31. The van der Waals surface area contributed by atoms with Crippen molar-refractivity contribution < 1.29 is 19.1 Å². The van der Waals surface area contributed by atoms with Crippen molar-refractivity contribution >= 4 is 17.6 Å². The molecular weight excluding hydrogens is 301 g/mol. The fraction of sp³-hybridized carbons (Fsp3) is 0.250. The molecule has 0 aliphatic carbocycles. The molecule has 1 heterocycles. The van der Waals surface area contributed by atoms with Crippen molar-refractivity contribution in [3.63, 3.8) is 0 Å². The van der Waals surface area contributed by atoms with E-state index in [-0.39, 0.29) is 17.2 Å². The van der Waals surface area contributed by atoms with Gasteiger partial charge in [0.05, 0.1) is 17.7 Å². The topological polar surface area (TPSA) is 92.2 Å². The van der Waals surface area contributed by atoms with Crippen molar-refractivity contribution in [3.8, 4) is 0 Å². The third kappa shape index (κ3) is 4.09. The third-order valence-electron chi connectivity index (χ3n) is 3.19. The number of anilines is 1. The van der Waals surface area contributed by atoms with Gasteiger partial charge in [0.1, 0.15) is 12.1 Å². The average molecular weight is 317 g/mol. The number of halogens is 1. The van der Waals surface area contributed by atoms with E-state index >= 15 is 0 Å². The minimum absolute atomic E-state index is 0.0356. The second kappa shape index (κ2) is 6.95. The monoisotopic (exact) mass is 317 g/mol. The molecule has 0 saturated carbocycles. The summed E-state index contributed by atoms with van der Waals surface area (Å²) in [5.41, 5.74) is 1.21. The van der Waals surface area contributed by atoms with Crippen LogP contribution in [-0.4, -0.2) is 27.0 Å². The average Bonchev–Trinajstić information content (AvgIpc) is 2.49. The molecule has 0 atom stereocenters. The van der Waals surface area contributed by atoms with Gasteiger partial charge in [-0.1, -0.05) is 19.9 Å². The summed E-state index contributed by atoms with van der Waals surface area (Å²) >= 11 is 0. The lowest BCUT2D eigenvalue weighted by Crippen LogP contribution is -2.16. The number of aromatic nitrogens is 2. The molecule has 0 spiro atoms. The molecule has 7 heteroatoms. The van der Waals surface area contributed by atoms with Crippen molar-refractivity contribution in [2.75, 3.05) is 5.32 Å². The molecular formula is C16H16FN3O3. The van der Waals surface area contributed by atoms with Crippen LogP contribution >= 0.6 is 0 Å². The number of hydrogen-bond donors (Lipinski definition) is 2. The molecule has 23 heavy (non-hydrogen) atoms. The molecule has 2 rings (SSSR count). The van der Waals surface area contributed by atoms with E-state index in [0.717, 1.165) is 6.07 Å². The van der Waals surface area contributed by atoms with Crippen LogP contribution in [0.3, 0.4) is 0 Å². The number of carboxylic acids is 1. The Morgan fingerprint density at radius 2 is 2.09 bits per heavy atom. The van der Waals surface area contributed by atoms with Gasteiger partial charge in [0.2, 0.25) is 0 Å². The first-order valence-corrected chi connectivity index (χ1v) is 7.00. The third-order valence-corrected chi connectivity index (χ3v) is 3.19. The standard InChI is InChI=1S/C16H16FN3O3/c1-9(2)15-12(7-18-8-19-15)16(23)20-11-4-3-10(5-14(21)22)13(17)6-11/h3-4,6-9H,5H2,1-2H3,(H,20,23)(H,21,22). The number of amides is 1. The molecule has 0 unspecified atom stereocenters. The van der Waals surface area contributed by atoms with Crippen LogP contribution in [0.25, 0.3) is 0 Å². The maximum atomic E-state index is 13.8. The lowest BCUT2D eigenvalue weighted by Gasteiger charge is -2.11. The normalized spacial score (nSPS) is 10.6. The van der Waals surface area contributed by atoms with Crippen molar-refractivity contribution in [2.24, 2.45) is 0 Å². The lowest BCUT2D eigenvalue weighted by molar-refractivity contribution is -0.136. The van der Waals surface area contributed by atoms with Gasteiger partial charge in [-0.15, -0.1) is 0 Å². The smallest absolute Gasteiger partial charge is 0.307 e. The Balaban J connectivity index is 2.21. The van der Waals surface area contributed by atoms with Crippen LogP contribution < -0.4 is 5.32 Å². The zero-order chi connectivity index (χ0) is 17.0. The van der Waals surface area contributed by atoms with Crippen LogP contribution in [0.4, 0.5) is 10.1 Å². The minimum atomic E-state index is -1.12. The van der Waals surface area contributed by atoms with Gasteiger partial charge in [0.15, 0.2) is 0 Å². The SMILES string of the molecule is CC(C)c1ncncc1C(=O)Nc1ccc(CC(=O)O)c(F)c1. The van der Waals surface area contributed by atoms with Crippen LogP contribution in [0.2, 0.25) is 0 Å². The summed E-state index contributed by atoms with van der Waals surface area (Å²) in [5, 5.41) is 11.3. The summed E-state index contributed by atoms with van der Waals surface area (Å²) in [6.07, 6.45) is 2.36. The van der Waals surface area contributed by atoms with E-state index in [1.54, 1.807) is 0 Å². The zero-order valence-electron chi connectivity index (χ0n) is 12.7. The van der Waals surface area contributed by atoms with Crippen LogP contribution in [-0.2, 0) is 11.2 Å². The summed E-state index contributed by atoms with van der Waals surface area (Å²) in [6.45, 7) is 3.80. The summed E-state index contributed by atoms with van der Waals surface area (Å²) in [7, 11) is 0. The molecule has 6 nitrogen and oxygen atoms in total. The highest BCUT2D eigenvalue weighted by atomic mass is 19.1. The molecule has 2 N–H and O–H groups in total. The summed E-state index contributed by atoms with van der Waals surface area (Å²) in [4.78, 5) is 30.9. The number of benzene rings is 1. The molecule has 2 aromatic rings. The number of carbonyl (C=O) groups excluding carboxylic acids is 1. The van der Waals surface area contributed by atoms with Crippen LogP contribution in [0.5, 0.6) is 0 Å². The predicted octanol–water partition coefficient (Wildman–Crippen LogP) is 2.62. The quantitative estimate of drug-likeness (QED) is 0.884. The molecule has 1 aromatic heterocycles. The van der Waals surface area contributed by atoms with Gasteiger partial charge in [-0.05, 0) is 23.6 Å². The Labute approximate surface area is 132 Å². The molecule has 0 bridgehead atoms. The van der Waals surface area contributed by atoms with Crippen molar-refractivity contribution in [1.82, 2.24) is 9.97 Å². The highest BCUT2D eigenvalue weighted by Crippen LogP contribution is 2.19. The van der Waals surface area contributed by atoms with Crippen molar-refractivity contribution in [2.45, 2.75) is 26.2 Å². The highest BCUT2D eigenvalue weighted by Gasteiger charge is 2.16. The van der Waals surface area contributed by atoms with Gasteiger partial charge >= 0.3 is 5.97 Å². The van der Waals surface area contributed by atoms with E-state index in [1.165, 1.54) is 24.7 Å². The Kier molecular flexibility index (Phi) is 5.00. The lowest BCUT2D eigenvalue weighted by atomic mass is 10.0. The maximum Gasteiger partial charge on any atom is 0.307 e.